The molecule has 0 heterocycles. The maximum absolute atomic E-state index is 11.7. The van der Waals surface area contributed by atoms with Gasteiger partial charge in [0.1, 0.15) is 6.61 Å². The fourth-order valence-corrected chi connectivity index (χ4v) is 2.77. The molecule has 0 saturated carbocycles. The Morgan fingerprint density at radius 3 is 2.05 bits per heavy atom. The first-order valence-corrected chi connectivity index (χ1v) is 6.91. The molecule has 0 atom stereocenters. The Morgan fingerprint density at radius 1 is 1.05 bits per heavy atom. The van der Waals surface area contributed by atoms with Gasteiger partial charge in [-0.1, -0.05) is 48.5 Å². The molecule has 1 N–H and O–H groups in total. The lowest BCUT2D eigenvalue weighted by Gasteiger charge is -2.16. The summed E-state index contributed by atoms with van der Waals surface area (Å²) in [4.78, 5) is 23.0. The second kappa shape index (κ2) is 5.52. The van der Waals surface area contributed by atoms with Crippen molar-refractivity contribution in [2.24, 2.45) is 0 Å². The summed E-state index contributed by atoms with van der Waals surface area (Å²) in [5.41, 5.74) is 4.44. The van der Waals surface area contributed by atoms with Gasteiger partial charge in [0.2, 0.25) is 0 Å². The van der Waals surface area contributed by atoms with Crippen LogP contribution in [-0.4, -0.2) is 35.8 Å². The van der Waals surface area contributed by atoms with Crippen molar-refractivity contribution in [3.8, 4) is 11.1 Å². The van der Waals surface area contributed by atoms with Gasteiger partial charge in [0.05, 0.1) is 0 Å². The molecular formula is C17H15NO4. The zero-order chi connectivity index (χ0) is 15.7. The lowest BCUT2D eigenvalue weighted by molar-refractivity contribution is 0.100. The number of imide groups is 1. The number of rotatable bonds is 2. The van der Waals surface area contributed by atoms with Gasteiger partial charge in [0, 0.05) is 13.0 Å². The fraction of sp³-hybridized carbons (Fsp3) is 0.176. The highest BCUT2D eigenvalue weighted by molar-refractivity contribution is 5.86. The van der Waals surface area contributed by atoms with Gasteiger partial charge in [-0.2, -0.15) is 0 Å². The molecule has 1 aliphatic carbocycles. The van der Waals surface area contributed by atoms with Crippen LogP contribution in [0.3, 0.4) is 0 Å². The Labute approximate surface area is 127 Å². The predicted octanol–water partition coefficient (Wildman–Crippen LogP) is 3.55. The van der Waals surface area contributed by atoms with Crippen LogP contribution in [0.4, 0.5) is 9.59 Å². The van der Waals surface area contributed by atoms with E-state index in [2.05, 4.69) is 0 Å². The molecule has 2 aromatic carbocycles. The van der Waals surface area contributed by atoms with Gasteiger partial charge < -0.3 is 9.84 Å². The molecule has 22 heavy (non-hydrogen) atoms. The number of nitrogens with zero attached hydrogens (tertiary/aromatic N) is 1. The van der Waals surface area contributed by atoms with E-state index in [-0.39, 0.29) is 12.5 Å². The third-order valence-corrected chi connectivity index (χ3v) is 3.90. The zero-order valence-electron chi connectivity index (χ0n) is 12.0. The summed E-state index contributed by atoms with van der Waals surface area (Å²) in [6.07, 6.45) is -2.20. The third-order valence-electron chi connectivity index (χ3n) is 3.90. The van der Waals surface area contributed by atoms with Gasteiger partial charge in [0.15, 0.2) is 0 Å². The molecule has 0 unspecified atom stereocenters. The molecule has 0 aliphatic heterocycles. The van der Waals surface area contributed by atoms with Gasteiger partial charge in [-0.25, -0.2) is 14.5 Å². The normalized spacial score (nSPS) is 12.4. The SMILES string of the molecule is CN(C(=O)O)C(=O)OCC1c2ccccc2-c2ccccc21. The van der Waals surface area contributed by atoms with E-state index in [1.54, 1.807) is 0 Å². The minimum atomic E-state index is -1.34. The smallest absolute Gasteiger partial charge is 0.419 e. The van der Waals surface area contributed by atoms with E-state index in [1.165, 1.54) is 7.05 Å². The van der Waals surface area contributed by atoms with Gasteiger partial charge in [-0.05, 0) is 22.3 Å². The molecule has 112 valence electrons. The monoisotopic (exact) mass is 297 g/mol. The Bertz CT molecular complexity index is 695. The number of hydrogen-bond acceptors (Lipinski definition) is 3. The number of carbonyl (C=O) groups is 2. The van der Waals surface area contributed by atoms with E-state index < -0.39 is 12.2 Å². The number of hydrogen-bond donors (Lipinski definition) is 1. The molecular weight excluding hydrogens is 282 g/mol. The minimum absolute atomic E-state index is 0.0708. The van der Waals surface area contributed by atoms with E-state index in [9.17, 15) is 9.59 Å². The molecule has 5 nitrogen and oxygen atoms in total. The maximum Gasteiger partial charge on any atom is 0.419 e. The number of fused-ring (bicyclic) bond motifs is 3. The first kappa shape index (κ1) is 14.1. The number of amides is 2. The van der Waals surface area contributed by atoms with Crippen molar-refractivity contribution in [3.63, 3.8) is 0 Å². The quantitative estimate of drug-likeness (QED) is 0.920. The summed E-state index contributed by atoms with van der Waals surface area (Å²) in [7, 11) is 1.17. The second-order valence-corrected chi connectivity index (χ2v) is 5.15. The molecule has 5 heteroatoms. The Morgan fingerprint density at radius 2 is 1.55 bits per heavy atom. The van der Waals surface area contributed by atoms with Crippen LogP contribution in [-0.2, 0) is 4.74 Å². The molecule has 0 aromatic heterocycles. The van der Waals surface area contributed by atoms with Crippen LogP contribution in [0.2, 0.25) is 0 Å². The van der Waals surface area contributed by atoms with Crippen molar-refractivity contribution in [2.45, 2.75) is 5.92 Å². The molecule has 2 amide bonds. The van der Waals surface area contributed by atoms with Crippen molar-refractivity contribution >= 4 is 12.2 Å². The first-order valence-electron chi connectivity index (χ1n) is 6.91. The second-order valence-electron chi connectivity index (χ2n) is 5.15. The van der Waals surface area contributed by atoms with E-state index in [1.807, 2.05) is 48.5 Å². The topological polar surface area (TPSA) is 66.8 Å². The van der Waals surface area contributed by atoms with E-state index in [0.29, 0.717) is 4.90 Å². The summed E-state index contributed by atoms with van der Waals surface area (Å²) in [6, 6.07) is 15.9. The summed E-state index contributed by atoms with van der Waals surface area (Å²) in [5, 5.41) is 8.79. The standard InChI is InChI=1S/C17H15NO4/c1-18(16(19)20)17(21)22-10-15-13-8-4-2-6-11(13)12-7-3-5-9-14(12)15/h2-9,15H,10H2,1H3,(H,19,20). The molecule has 2 aromatic rings. The highest BCUT2D eigenvalue weighted by Gasteiger charge is 2.29. The summed E-state index contributed by atoms with van der Waals surface area (Å²) in [6.45, 7) is 0.116. The van der Waals surface area contributed by atoms with Crippen LogP contribution < -0.4 is 0 Å². The van der Waals surface area contributed by atoms with E-state index in [4.69, 9.17) is 9.84 Å². The number of carboxylic acid groups (broad SMARTS) is 1. The molecule has 0 fully saturated rings. The van der Waals surface area contributed by atoms with Crippen LogP contribution in [0.15, 0.2) is 48.5 Å². The lowest BCUT2D eigenvalue weighted by Crippen LogP contribution is -2.33. The molecule has 3 rings (SSSR count). The average molecular weight is 297 g/mol. The summed E-state index contributed by atoms with van der Waals surface area (Å²) >= 11 is 0. The summed E-state index contributed by atoms with van der Waals surface area (Å²) < 4.78 is 5.17. The summed E-state index contributed by atoms with van der Waals surface area (Å²) in [5.74, 6) is -0.0708. The molecule has 1 aliphatic rings. The molecule has 0 bridgehead atoms. The predicted molar refractivity (Wildman–Crippen MR) is 80.9 cm³/mol. The third kappa shape index (κ3) is 2.30. The first-order chi connectivity index (χ1) is 10.6. The number of benzene rings is 2. The largest absolute Gasteiger partial charge is 0.465 e. The lowest BCUT2D eigenvalue weighted by atomic mass is 9.98. The van der Waals surface area contributed by atoms with E-state index in [0.717, 1.165) is 22.3 Å². The Balaban J connectivity index is 1.85. The van der Waals surface area contributed by atoms with E-state index >= 15 is 0 Å². The zero-order valence-corrected chi connectivity index (χ0v) is 12.0. The van der Waals surface area contributed by atoms with Crippen LogP contribution >= 0.6 is 0 Å². The number of ether oxygens (including phenoxy) is 1. The maximum atomic E-state index is 11.7. The highest BCUT2D eigenvalue weighted by atomic mass is 16.6. The van der Waals surface area contributed by atoms with Gasteiger partial charge in [-0.15, -0.1) is 0 Å². The van der Waals surface area contributed by atoms with Crippen molar-refractivity contribution in [3.05, 3.63) is 59.7 Å². The molecule has 0 saturated heterocycles. The van der Waals surface area contributed by atoms with Gasteiger partial charge in [0.25, 0.3) is 0 Å². The van der Waals surface area contributed by atoms with Gasteiger partial charge in [-0.3, -0.25) is 0 Å². The van der Waals surface area contributed by atoms with Crippen molar-refractivity contribution < 1.29 is 19.4 Å². The number of carbonyl (C=O) groups excluding carboxylic acids is 1. The van der Waals surface area contributed by atoms with Crippen molar-refractivity contribution in [1.82, 2.24) is 4.90 Å². The van der Waals surface area contributed by atoms with Crippen LogP contribution in [0, 0.1) is 0 Å². The average Bonchev–Trinajstić information content (AvgIpc) is 2.86. The Hall–Kier alpha value is -2.82. The van der Waals surface area contributed by atoms with Crippen molar-refractivity contribution in [1.29, 1.82) is 0 Å². The molecule has 0 spiro atoms. The van der Waals surface area contributed by atoms with Gasteiger partial charge >= 0.3 is 12.2 Å². The minimum Gasteiger partial charge on any atom is -0.465 e. The fourth-order valence-electron chi connectivity index (χ4n) is 2.77. The van der Waals surface area contributed by atoms with Crippen LogP contribution in [0.5, 0.6) is 0 Å². The van der Waals surface area contributed by atoms with Crippen LogP contribution in [0.1, 0.15) is 17.0 Å². The van der Waals surface area contributed by atoms with Crippen LogP contribution in [0.25, 0.3) is 11.1 Å². The molecule has 0 radical (unpaired) electrons. The highest BCUT2D eigenvalue weighted by Crippen LogP contribution is 2.44. The van der Waals surface area contributed by atoms with Crippen molar-refractivity contribution in [2.75, 3.05) is 13.7 Å². The Kier molecular flexibility index (Phi) is 3.55.